The lowest BCUT2D eigenvalue weighted by atomic mass is 9.71. The van der Waals surface area contributed by atoms with Gasteiger partial charge in [-0.3, -0.25) is 4.79 Å². The Morgan fingerprint density at radius 3 is 2.28 bits per heavy atom. The van der Waals surface area contributed by atoms with Crippen LogP contribution < -0.4 is 0 Å². The van der Waals surface area contributed by atoms with Gasteiger partial charge in [0, 0.05) is 58.7 Å². The molecule has 2 bridgehead atoms. The van der Waals surface area contributed by atoms with Crippen LogP contribution in [0, 0.1) is 17.8 Å². The van der Waals surface area contributed by atoms with Crippen molar-refractivity contribution in [3.05, 3.63) is 47.1 Å². The highest BCUT2D eigenvalue weighted by Gasteiger charge is 2.60. The fourth-order valence-corrected chi connectivity index (χ4v) is 10.5. The minimum Gasteiger partial charge on any atom is -0.462 e. The number of ether oxygens (including phenoxy) is 10. The zero-order valence-corrected chi connectivity index (χ0v) is 37.2. The third kappa shape index (κ3) is 9.80. The molecule has 0 aromatic carbocycles. The van der Waals surface area contributed by atoms with Gasteiger partial charge in [0.2, 0.25) is 0 Å². The standard InChI is InChI=1S/C46H70O15/c1-23(2)34-16-30(47)20-45(61-34)21-32-17-31(60-45)14-13-25(4)41(24(3)11-10-12-29-22-54-43-39(48)26(5)15-33(44(50)57-32)46(29,43)51)58-38-19-36(53-9)42(28(7)56-38)59-37-18-35(52-8)40(49)27(6)55-37/h10-13,15,23-24,27-28,30-43,47-49,51H,14,16-22H2,1-9H3/b11-10+,25-13+,29-12+. The molecule has 7 rings (SSSR count). The zero-order chi connectivity index (χ0) is 44.0. The Morgan fingerprint density at radius 2 is 1.56 bits per heavy atom. The average molecular weight is 863 g/mol. The molecule has 5 fully saturated rings. The van der Waals surface area contributed by atoms with Gasteiger partial charge < -0.3 is 67.8 Å². The number of carbonyl (C=O) groups is 1. The van der Waals surface area contributed by atoms with E-state index in [2.05, 4.69) is 6.08 Å². The van der Waals surface area contributed by atoms with Crippen molar-refractivity contribution in [3.8, 4) is 0 Å². The number of carbonyl (C=O) groups excluding carboxylic acids is 1. The molecule has 6 heterocycles. The van der Waals surface area contributed by atoms with E-state index in [1.54, 1.807) is 40.2 Å². The van der Waals surface area contributed by atoms with Gasteiger partial charge in [0.1, 0.15) is 42.0 Å². The second-order valence-corrected chi connectivity index (χ2v) is 18.9. The number of hydrogen-bond donors (Lipinski definition) is 4. The van der Waals surface area contributed by atoms with E-state index < -0.39 is 109 Å². The molecule has 0 saturated carbocycles. The molecule has 0 amide bonds. The number of methoxy groups -OCH3 is 2. The number of esters is 1. The molecule has 61 heavy (non-hydrogen) atoms. The number of allylic oxidation sites excluding steroid dienone is 2. The van der Waals surface area contributed by atoms with Gasteiger partial charge in [-0.1, -0.05) is 51.2 Å². The number of rotatable bonds is 7. The third-order valence-corrected chi connectivity index (χ3v) is 14.0. The third-order valence-electron chi connectivity index (χ3n) is 14.0. The van der Waals surface area contributed by atoms with Crippen molar-refractivity contribution in [2.75, 3.05) is 20.8 Å². The number of hydrogen-bond acceptors (Lipinski definition) is 15. The van der Waals surface area contributed by atoms with Gasteiger partial charge in [-0.15, -0.1) is 0 Å². The lowest BCUT2D eigenvalue weighted by molar-refractivity contribution is -0.343. The van der Waals surface area contributed by atoms with Crippen molar-refractivity contribution in [2.24, 2.45) is 17.8 Å². The summed E-state index contributed by atoms with van der Waals surface area (Å²) in [5.41, 5.74) is 0.0269. The second kappa shape index (κ2) is 19.2. The van der Waals surface area contributed by atoms with E-state index >= 15 is 0 Å². The van der Waals surface area contributed by atoms with Crippen LogP contribution in [0.5, 0.6) is 0 Å². The van der Waals surface area contributed by atoms with E-state index in [9.17, 15) is 25.2 Å². The molecule has 15 heteroatoms. The quantitative estimate of drug-likeness (QED) is 0.213. The summed E-state index contributed by atoms with van der Waals surface area (Å²) in [5, 5.41) is 45.3. The molecule has 19 unspecified atom stereocenters. The molecular weight excluding hydrogens is 792 g/mol. The van der Waals surface area contributed by atoms with E-state index in [1.165, 1.54) is 0 Å². The van der Waals surface area contributed by atoms with E-state index in [1.807, 2.05) is 46.8 Å². The van der Waals surface area contributed by atoms with E-state index in [4.69, 9.17) is 47.4 Å². The maximum atomic E-state index is 14.3. The first-order valence-electron chi connectivity index (χ1n) is 22.3. The Morgan fingerprint density at radius 1 is 0.852 bits per heavy atom. The number of fused-ring (bicyclic) bond motifs is 2. The topological polar surface area (TPSA) is 190 Å². The second-order valence-electron chi connectivity index (χ2n) is 18.9. The molecule has 7 aliphatic rings. The molecule has 15 nitrogen and oxygen atoms in total. The predicted octanol–water partition coefficient (Wildman–Crippen LogP) is 3.94. The summed E-state index contributed by atoms with van der Waals surface area (Å²) < 4.78 is 63.2. The maximum Gasteiger partial charge on any atom is 0.316 e. The molecule has 0 aromatic rings. The number of aliphatic hydroxyl groups is 4. The van der Waals surface area contributed by atoms with Gasteiger partial charge in [-0.2, -0.15) is 0 Å². The van der Waals surface area contributed by atoms with Crippen molar-refractivity contribution in [2.45, 2.75) is 197 Å². The summed E-state index contributed by atoms with van der Waals surface area (Å²) >= 11 is 0. The average Bonchev–Trinajstić information content (AvgIpc) is 3.54. The highest BCUT2D eigenvalue weighted by molar-refractivity contribution is 5.78. The molecule has 19 atom stereocenters. The Hall–Kier alpha value is -2.09. The molecule has 1 aliphatic carbocycles. The smallest absolute Gasteiger partial charge is 0.316 e. The van der Waals surface area contributed by atoms with Crippen LogP contribution in [0.1, 0.15) is 93.4 Å². The molecule has 4 N–H and O–H groups in total. The lowest BCUT2D eigenvalue weighted by Gasteiger charge is -2.50. The summed E-state index contributed by atoms with van der Waals surface area (Å²) in [7, 11) is 3.20. The number of aliphatic hydroxyl groups excluding tert-OH is 3. The van der Waals surface area contributed by atoms with Crippen molar-refractivity contribution < 1.29 is 72.6 Å². The normalized spacial score (nSPS) is 49.6. The van der Waals surface area contributed by atoms with Crippen molar-refractivity contribution in [1.82, 2.24) is 0 Å². The molecule has 0 aromatic heterocycles. The van der Waals surface area contributed by atoms with Crippen LogP contribution in [0.4, 0.5) is 0 Å². The van der Waals surface area contributed by atoms with Crippen LogP contribution in [-0.2, 0) is 52.2 Å². The van der Waals surface area contributed by atoms with Crippen LogP contribution in [0.3, 0.4) is 0 Å². The molecule has 344 valence electrons. The first-order chi connectivity index (χ1) is 28.9. The van der Waals surface area contributed by atoms with Gasteiger partial charge in [0.05, 0.1) is 55.4 Å². The van der Waals surface area contributed by atoms with Crippen molar-refractivity contribution in [1.29, 1.82) is 0 Å². The fraction of sp³-hybridized carbons (Fsp3) is 0.804. The van der Waals surface area contributed by atoms with Crippen LogP contribution in [0.2, 0.25) is 0 Å². The SMILES string of the molecule is COC1CC(OC2C(C)OC(OC3/C(C)=C/CC4CC(CC5(CC(O)CC(C(C)C)O5)O4)OC(=O)C4C=C(C)C(O)C5OC/C(=C\C=C\C3C)C45O)CC2OC)OC(C)C1O. The first kappa shape index (κ1) is 46.9. The van der Waals surface area contributed by atoms with Crippen molar-refractivity contribution in [3.63, 3.8) is 0 Å². The predicted molar refractivity (Wildman–Crippen MR) is 220 cm³/mol. The zero-order valence-electron chi connectivity index (χ0n) is 37.2. The van der Waals surface area contributed by atoms with Gasteiger partial charge in [-0.05, 0) is 56.8 Å². The summed E-state index contributed by atoms with van der Waals surface area (Å²) in [6.45, 7) is 13.6. The summed E-state index contributed by atoms with van der Waals surface area (Å²) in [4.78, 5) is 14.3. The highest BCUT2D eigenvalue weighted by Crippen LogP contribution is 2.47. The lowest BCUT2D eigenvalue weighted by Crippen LogP contribution is -2.58. The van der Waals surface area contributed by atoms with E-state index in [-0.39, 0.29) is 37.4 Å². The summed E-state index contributed by atoms with van der Waals surface area (Å²) in [6, 6.07) is 0. The van der Waals surface area contributed by atoms with Gasteiger partial charge in [0.25, 0.3) is 0 Å². The minimum atomic E-state index is -1.86. The van der Waals surface area contributed by atoms with Gasteiger partial charge in [0.15, 0.2) is 18.4 Å². The Kier molecular flexibility index (Phi) is 14.7. The Labute approximate surface area is 360 Å². The molecule has 5 saturated heterocycles. The Bertz CT molecular complexity index is 1660. The van der Waals surface area contributed by atoms with Crippen LogP contribution in [-0.4, -0.2) is 151 Å². The summed E-state index contributed by atoms with van der Waals surface area (Å²) in [6.07, 6.45) is 2.72. The van der Waals surface area contributed by atoms with Gasteiger partial charge in [-0.25, -0.2) is 0 Å². The maximum absolute atomic E-state index is 14.3. The van der Waals surface area contributed by atoms with Crippen LogP contribution >= 0.6 is 0 Å². The minimum absolute atomic E-state index is 0.0123. The molecule has 6 aliphatic heterocycles. The van der Waals surface area contributed by atoms with Crippen LogP contribution in [0.25, 0.3) is 0 Å². The highest BCUT2D eigenvalue weighted by atomic mass is 16.7. The van der Waals surface area contributed by atoms with Crippen molar-refractivity contribution >= 4 is 5.97 Å². The first-order valence-corrected chi connectivity index (χ1v) is 22.3. The molecule has 1 spiro atoms. The fourth-order valence-electron chi connectivity index (χ4n) is 10.5. The Balaban J connectivity index is 1.18. The monoisotopic (exact) mass is 862 g/mol. The molecular formula is C46H70O15. The molecule has 0 radical (unpaired) electrons. The van der Waals surface area contributed by atoms with E-state index in [0.717, 1.165) is 5.57 Å². The summed E-state index contributed by atoms with van der Waals surface area (Å²) in [5.74, 6) is -3.06. The van der Waals surface area contributed by atoms with E-state index in [0.29, 0.717) is 43.3 Å². The largest absolute Gasteiger partial charge is 0.462 e. The van der Waals surface area contributed by atoms with Gasteiger partial charge >= 0.3 is 5.97 Å². The van der Waals surface area contributed by atoms with Crippen LogP contribution in [0.15, 0.2) is 47.1 Å².